The van der Waals surface area contributed by atoms with Crippen molar-refractivity contribution in [2.45, 2.75) is 6.04 Å². The highest BCUT2D eigenvalue weighted by atomic mass is 79.9. The van der Waals surface area contributed by atoms with Crippen LogP contribution in [0.5, 0.6) is 0 Å². The molecule has 1 unspecified atom stereocenters. The fraction of sp³-hybridized carbons (Fsp3) is 0.133. The lowest BCUT2D eigenvalue weighted by molar-refractivity contribution is 0.618. The Balaban J connectivity index is 2.00. The van der Waals surface area contributed by atoms with Crippen LogP contribution in [0.3, 0.4) is 0 Å². The van der Waals surface area contributed by atoms with Gasteiger partial charge in [-0.05, 0) is 51.8 Å². The third-order valence-corrected chi connectivity index (χ3v) is 4.01. The van der Waals surface area contributed by atoms with Crippen LogP contribution in [-0.4, -0.2) is 12.5 Å². The molecule has 3 nitrogen and oxygen atoms in total. The Hall–Kier alpha value is -1.95. The smallest absolute Gasteiger partial charge is 0.196 e. The molecule has 21 heavy (non-hydrogen) atoms. The topological polar surface area (TPSA) is 41.6 Å². The van der Waals surface area contributed by atoms with Crippen LogP contribution in [0, 0.1) is 11.6 Å². The molecule has 0 fully saturated rings. The van der Waals surface area contributed by atoms with E-state index in [2.05, 4.69) is 20.9 Å². The SMILES string of the molecule is NC1=NCC(c2ccc(F)c(Br)c2)N1c1cccc(F)c1. The highest BCUT2D eigenvalue weighted by Gasteiger charge is 2.29. The first-order valence-corrected chi connectivity index (χ1v) is 7.15. The minimum absolute atomic E-state index is 0.177. The van der Waals surface area contributed by atoms with Crippen LogP contribution in [0.1, 0.15) is 11.6 Å². The van der Waals surface area contributed by atoms with E-state index in [1.807, 2.05) is 0 Å². The molecule has 1 aliphatic heterocycles. The maximum Gasteiger partial charge on any atom is 0.196 e. The highest BCUT2D eigenvalue weighted by molar-refractivity contribution is 9.10. The molecule has 0 aromatic heterocycles. The molecule has 2 aromatic rings. The second kappa shape index (κ2) is 5.44. The molecule has 2 N–H and O–H groups in total. The number of halogens is 3. The van der Waals surface area contributed by atoms with Crippen molar-refractivity contribution in [2.75, 3.05) is 11.4 Å². The Morgan fingerprint density at radius 2 is 2.00 bits per heavy atom. The van der Waals surface area contributed by atoms with Gasteiger partial charge >= 0.3 is 0 Å². The molecule has 0 aliphatic carbocycles. The first-order valence-electron chi connectivity index (χ1n) is 6.36. The minimum Gasteiger partial charge on any atom is -0.369 e. The maximum absolute atomic E-state index is 13.4. The number of benzene rings is 2. The van der Waals surface area contributed by atoms with Gasteiger partial charge in [0.1, 0.15) is 11.6 Å². The number of guanidine groups is 1. The third kappa shape index (κ3) is 2.63. The zero-order chi connectivity index (χ0) is 15.0. The Labute approximate surface area is 129 Å². The minimum atomic E-state index is -0.341. The van der Waals surface area contributed by atoms with Crippen LogP contribution in [0.25, 0.3) is 0 Å². The van der Waals surface area contributed by atoms with Crippen molar-refractivity contribution in [3.63, 3.8) is 0 Å². The maximum atomic E-state index is 13.4. The molecule has 0 saturated heterocycles. The van der Waals surface area contributed by atoms with E-state index in [9.17, 15) is 8.78 Å². The van der Waals surface area contributed by atoms with Gasteiger partial charge in [-0.15, -0.1) is 0 Å². The van der Waals surface area contributed by atoms with E-state index in [1.165, 1.54) is 18.2 Å². The monoisotopic (exact) mass is 351 g/mol. The van der Waals surface area contributed by atoms with E-state index in [0.29, 0.717) is 22.7 Å². The average Bonchev–Trinajstić information content (AvgIpc) is 2.84. The summed E-state index contributed by atoms with van der Waals surface area (Å²) >= 11 is 3.17. The summed E-state index contributed by atoms with van der Waals surface area (Å²) in [5.41, 5.74) is 7.41. The molecular formula is C15H12BrF2N3. The Kier molecular flexibility index (Phi) is 3.63. The van der Waals surface area contributed by atoms with E-state index >= 15 is 0 Å². The van der Waals surface area contributed by atoms with Gasteiger partial charge in [0.05, 0.1) is 17.1 Å². The molecule has 1 atom stereocenters. The molecule has 3 rings (SSSR count). The van der Waals surface area contributed by atoms with Gasteiger partial charge in [-0.2, -0.15) is 0 Å². The molecule has 1 heterocycles. The van der Waals surface area contributed by atoms with Gasteiger partial charge in [0, 0.05) is 5.69 Å². The van der Waals surface area contributed by atoms with Crippen molar-refractivity contribution in [2.24, 2.45) is 10.7 Å². The molecule has 0 spiro atoms. The Morgan fingerprint density at radius 1 is 1.19 bits per heavy atom. The molecule has 0 radical (unpaired) electrons. The van der Waals surface area contributed by atoms with Crippen LogP contribution in [-0.2, 0) is 0 Å². The van der Waals surface area contributed by atoms with Gasteiger partial charge in [-0.3, -0.25) is 4.99 Å². The van der Waals surface area contributed by atoms with Crippen molar-refractivity contribution < 1.29 is 8.78 Å². The number of hydrogen-bond donors (Lipinski definition) is 1. The quantitative estimate of drug-likeness (QED) is 0.897. The van der Waals surface area contributed by atoms with Crippen LogP contribution in [0.4, 0.5) is 14.5 Å². The normalized spacial score (nSPS) is 18.0. The van der Waals surface area contributed by atoms with Gasteiger partial charge in [-0.25, -0.2) is 8.78 Å². The second-order valence-electron chi connectivity index (χ2n) is 4.74. The Bertz CT molecular complexity index is 718. The first-order chi connectivity index (χ1) is 10.1. The summed E-state index contributed by atoms with van der Waals surface area (Å²) in [7, 11) is 0. The van der Waals surface area contributed by atoms with Crippen LogP contribution in [0.15, 0.2) is 51.9 Å². The molecule has 0 amide bonds. The molecular weight excluding hydrogens is 340 g/mol. The van der Waals surface area contributed by atoms with E-state index < -0.39 is 0 Å². The predicted octanol–water partition coefficient (Wildman–Crippen LogP) is 3.60. The van der Waals surface area contributed by atoms with Crippen molar-refractivity contribution >= 4 is 27.6 Å². The number of aliphatic imine (C=N–C) groups is 1. The summed E-state index contributed by atoms with van der Waals surface area (Å²) in [6.07, 6.45) is 0. The molecule has 0 saturated carbocycles. The number of anilines is 1. The van der Waals surface area contributed by atoms with Crippen molar-refractivity contribution in [3.8, 4) is 0 Å². The lowest BCUT2D eigenvalue weighted by Crippen LogP contribution is -2.36. The predicted molar refractivity (Wildman–Crippen MR) is 82.2 cm³/mol. The number of nitrogens with zero attached hydrogens (tertiary/aromatic N) is 2. The van der Waals surface area contributed by atoms with Crippen LogP contribution < -0.4 is 10.6 Å². The lowest BCUT2D eigenvalue weighted by Gasteiger charge is -2.26. The zero-order valence-electron chi connectivity index (χ0n) is 10.9. The largest absolute Gasteiger partial charge is 0.369 e. The number of nitrogens with two attached hydrogens (primary N) is 1. The van der Waals surface area contributed by atoms with E-state index in [1.54, 1.807) is 29.2 Å². The molecule has 0 bridgehead atoms. The third-order valence-electron chi connectivity index (χ3n) is 3.40. The van der Waals surface area contributed by atoms with Gasteiger partial charge in [0.25, 0.3) is 0 Å². The molecule has 108 valence electrons. The Morgan fingerprint density at radius 3 is 2.71 bits per heavy atom. The van der Waals surface area contributed by atoms with Gasteiger partial charge < -0.3 is 10.6 Å². The second-order valence-corrected chi connectivity index (χ2v) is 5.59. The van der Waals surface area contributed by atoms with Crippen molar-refractivity contribution in [3.05, 3.63) is 64.1 Å². The molecule has 1 aliphatic rings. The number of hydrogen-bond acceptors (Lipinski definition) is 3. The van der Waals surface area contributed by atoms with Crippen LogP contribution >= 0.6 is 15.9 Å². The summed E-state index contributed by atoms with van der Waals surface area (Å²) in [6, 6.07) is 10.7. The molecule has 2 aromatic carbocycles. The van der Waals surface area contributed by atoms with E-state index in [-0.39, 0.29) is 17.7 Å². The van der Waals surface area contributed by atoms with Gasteiger partial charge in [0.2, 0.25) is 0 Å². The van der Waals surface area contributed by atoms with Gasteiger partial charge in [-0.1, -0.05) is 12.1 Å². The standard InChI is InChI=1S/C15H12BrF2N3/c16-12-6-9(4-5-13(12)18)14-8-20-15(19)21(14)11-3-1-2-10(17)7-11/h1-7,14H,8H2,(H2,19,20). The highest BCUT2D eigenvalue weighted by Crippen LogP contribution is 2.33. The summed E-state index contributed by atoms with van der Waals surface area (Å²) in [6.45, 7) is 0.445. The summed E-state index contributed by atoms with van der Waals surface area (Å²) in [4.78, 5) is 5.98. The summed E-state index contributed by atoms with van der Waals surface area (Å²) in [5.74, 6) is -0.347. The van der Waals surface area contributed by atoms with Crippen molar-refractivity contribution in [1.82, 2.24) is 0 Å². The molecule has 6 heteroatoms. The van der Waals surface area contributed by atoms with E-state index in [4.69, 9.17) is 5.73 Å². The van der Waals surface area contributed by atoms with Gasteiger partial charge in [0.15, 0.2) is 5.96 Å². The average molecular weight is 352 g/mol. The van der Waals surface area contributed by atoms with Crippen molar-refractivity contribution in [1.29, 1.82) is 0 Å². The van der Waals surface area contributed by atoms with Crippen LogP contribution in [0.2, 0.25) is 0 Å². The zero-order valence-corrected chi connectivity index (χ0v) is 12.5. The van der Waals surface area contributed by atoms with E-state index in [0.717, 1.165) is 5.56 Å². The first kappa shape index (κ1) is 14.0. The lowest BCUT2D eigenvalue weighted by atomic mass is 10.1. The fourth-order valence-electron chi connectivity index (χ4n) is 2.41. The number of rotatable bonds is 2. The summed E-state index contributed by atoms with van der Waals surface area (Å²) < 4.78 is 27.2. The fourth-order valence-corrected chi connectivity index (χ4v) is 2.81. The summed E-state index contributed by atoms with van der Waals surface area (Å²) in [5, 5.41) is 0.